The van der Waals surface area contributed by atoms with E-state index in [1.807, 2.05) is 24.3 Å². The van der Waals surface area contributed by atoms with Gasteiger partial charge in [0.2, 0.25) is 10.8 Å². The van der Waals surface area contributed by atoms with Crippen molar-refractivity contribution in [3.8, 4) is 0 Å². The van der Waals surface area contributed by atoms with Gasteiger partial charge in [0.15, 0.2) is 0 Å². The SMILES string of the molecule is O=C1CS[C@]2(C(=O)N(Cc3cccc(F)c3)c3ccccc32)N1c1cccc(F)c1. The van der Waals surface area contributed by atoms with Gasteiger partial charge in [0, 0.05) is 11.3 Å². The molecule has 2 aliphatic rings. The van der Waals surface area contributed by atoms with Crippen molar-refractivity contribution in [3.05, 3.63) is 95.6 Å². The third kappa shape index (κ3) is 2.73. The van der Waals surface area contributed by atoms with Crippen molar-refractivity contribution in [2.75, 3.05) is 15.6 Å². The predicted molar refractivity (Wildman–Crippen MR) is 112 cm³/mol. The lowest BCUT2D eigenvalue weighted by Gasteiger charge is -2.33. The van der Waals surface area contributed by atoms with Gasteiger partial charge in [0.05, 0.1) is 18.0 Å². The third-order valence-electron chi connectivity index (χ3n) is 5.36. The summed E-state index contributed by atoms with van der Waals surface area (Å²) in [6.45, 7) is 0.168. The van der Waals surface area contributed by atoms with Gasteiger partial charge in [-0.2, -0.15) is 0 Å². The second kappa shape index (κ2) is 6.95. The fourth-order valence-corrected chi connectivity index (χ4v) is 5.51. The molecule has 2 heterocycles. The van der Waals surface area contributed by atoms with E-state index in [1.165, 1.54) is 47.0 Å². The van der Waals surface area contributed by atoms with Gasteiger partial charge in [0.25, 0.3) is 5.91 Å². The number of amides is 2. The molecule has 3 aromatic rings. The average molecular weight is 422 g/mol. The summed E-state index contributed by atoms with van der Waals surface area (Å²) in [4.78, 5) is 28.3. The van der Waals surface area contributed by atoms with Crippen LogP contribution in [0, 0.1) is 11.6 Å². The second-order valence-electron chi connectivity index (χ2n) is 7.18. The van der Waals surface area contributed by atoms with E-state index < -0.39 is 10.7 Å². The molecule has 3 aromatic carbocycles. The van der Waals surface area contributed by atoms with Gasteiger partial charge in [-0.15, -0.1) is 11.8 Å². The molecule has 1 saturated heterocycles. The molecule has 7 heteroatoms. The first kappa shape index (κ1) is 18.8. The Hall–Kier alpha value is -3.19. The van der Waals surface area contributed by atoms with Crippen molar-refractivity contribution in [1.29, 1.82) is 0 Å². The predicted octanol–water partition coefficient (Wildman–Crippen LogP) is 4.44. The molecule has 1 fully saturated rings. The minimum absolute atomic E-state index is 0.102. The Morgan fingerprint density at radius 2 is 1.63 bits per heavy atom. The number of thioether (sulfide) groups is 1. The smallest absolute Gasteiger partial charge is 0.269 e. The number of carbonyl (C=O) groups is 2. The molecule has 0 aromatic heterocycles. The number of rotatable bonds is 3. The van der Waals surface area contributed by atoms with Crippen molar-refractivity contribution < 1.29 is 18.4 Å². The first-order valence-electron chi connectivity index (χ1n) is 9.39. The summed E-state index contributed by atoms with van der Waals surface area (Å²) in [5.41, 5.74) is 2.31. The summed E-state index contributed by atoms with van der Waals surface area (Å²) in [7, 11) is 0. The molecule has 1 spiro atoms. The van der Waals surface area contributed by atoms with E-state index in [0.29, 0.717) is 22.5 Å². The van der Waals surface area contributed by atoms with Crippen molar-refractivity contribution >= 4 is 35.0 Å². The van der Waals surface area contributed by atoms with Crippen LogP contribution >= 0.6 is 11.8 Å². The Morgan fingerprint density at radius 3 is 2.40 bits per heavy atom. The van der Waals surface area contributed by atoms with Gasteiger partial charge in [-0.3, -0.25) is 14.5 Å². The van der Waals surface area contributed by atoms with E-state index in [9.17, 15) is 18.4 Å². The third-order valence-corrected chi connectivity index (χ3v) is 6.75. The Bertz CT molecular complexity index is 1190. The van der Waals surface area contributed by atoms with Crippen molar-refractivity contribution in [2.24, 2.45) is 0 Å². The summed E-state index contributed by atoms with van der Waals surface area (Å²) in [5, 5.41) is 0. The largest absolute Gasteiger partial charge is 0.304 e. The zero-order chi connectivity index (χ0) is 20.9. The van der Waals surface area contributed by atoms with Crippen LogP contribution in [0.3, 0.4) is 0 Å². The number of hydrogen-bond acceptors (Lipinski definition) is 3. The molecular formula is C23H16F2N2O2S. The molecule has 2 amide bonds. The lowest BCUT2D eigenvalue weighted by Crippen LogP contribution is -2.49. The standard InChI is InChI=1S/C23H16F2N2O2S/c24-16-6-3-5-15(11-16)13-26-20-10-2-1-9-19(20)23(22(26)29)27(21(28)14-30-23)18-8-4-7-17(25)12-18/h1-12H,13-14H2/t23-/m1/s1. The molecule has 0 N–H and O–H groups in total. The Kier molecular flexibility index (Phi) is 4.36. The van der Waals surface area contributed by atoms with Gasteiger partial charge in [-0.1, -0.05) is 36.4 Å². The molecule has 0 saturated carbocycles. The summed E-state index contributed by atoms with van der Waals surface area (Å²) < 4.78 is 27.6. The molecule has 0 aliphatic carbocycles. The number of halogens is 2. The number of fused-ring (bicyclic) bond motifs is 2. The number of benzene rings is 3. The monoisotopic (exact) mass is 422 g/mol. The van der Waals surface area contributed by atoms with Gasteiger partial charge < -0.3 is 4.90 Å². The van der Waals surface area contributed by atoms with E-state index in [1.54, 1.807) is 23.1 Å². The highest BCUT2D eigenvalue weighted by Crippen LogP contribution is 2.55. The number of para-hydroxylation sites is 1. The second-order valence-corrected chi connectivity index (χ2v) is 8.35. The van der Waals surface area contributed by atoms with E-state index >= 15 is 0 Å². The van der Waals surface area contributed by atoms with Crippen LogP contribution in [0.2, 0.25) is 0 Å². The lowest BCUT2D eigenvalue weighted by atomic mass is 10.0. The fraction of sp³-hybridized carbons (Fsp3) is 0.130. The summed E-state index contributed by atoms with van der Waals surface area (Å²) in [6.07, 6.45) is 0. The molecule has 30 heavy (non-hydrogen) atoms. The van der Waals surface area contributed by atoms with Crippen LogP contribution in [0.15, 0.2) is 72.8 Å². The van der Waals surface area contributed by atoms with Crippen LogP contribution in [0.25, 0.3) is 0 Å². The highest BCUT2D eigenvalue weighted by molar-refractivity contribution is 8.02. The van der Waals surface area contributed by atoms with Gasteiger partial charge in [-0.05, 0) is 42.0 Å². The molecule has 0 unspecified atom stereocenters. The maximum Gasteiger partial charge on any atom is 0.269 e. The maximum atomic E-state index is 13.9. The van der Waals surface area contributed by atoms with Crippen LogP contribution < -0.4 is 9.80 Å². The van der Waals surface area contributed by atoms with Gasteiger partial charge in [-0.25, -0.2) is 8.78 Å². The first-order valence-corrected chi connectivity index (χ1v) is 10.4. The Balaban J connectivity index is 1.65. The molecule has 1 atom stereocenters. The van der Waals surface area contributed by atoms with Crippen LogP contribution in [-0.2, 0) is 21.0 Å². The van der Waals surface area contributed by atoms with Gasteiger partial charge in [0.1, 0.15) is 11.6 Å². The van der Waals surface area contributed by atoms with Gasteiger partial charge >= 0.3 is 0 Å². The van der Waals surface area contributed by atoms with Crippen LogP contribution in [0.1, 0.15) is 11.1 Å². The molecule has 4 nitrogen and oxygen atoms in total. The topological polar surface area (TPSA) is 40.6 Å². The van der Waals surface area contributed by atoms with Crippen LogP contribution in [-0.4, -0.2) is 17.6 Å². The normalized spacial score (nSPS) is 20.3. The molecule has 0 bridgehead atoms. The lowest BCUT2D eigenvalue weighted by molar-refractivity contribution is -0.123. The first-order chi connectivity index (χ1) is 14.5. The van der Waals surface area contributed by atoms with Crippen LogP contribution in [0.5, 0.6) is 0 Å². The summed E-state index contributed by atoms with van der Waals surface area (Å²) in [6, 6.07) is 19.0. The Labute approximate surface area is 176 Å². The van der Waals surface area contributed by atoms with E-state index in [2.05, 4.69) is 0 Å². The quantitative estimate of drug-likeness (QED) is 0.627. The van der Waals surface area contributed by atoms with E-state index in [-0.39, 0.29) is 29.9 Å². The average Bonchev–Trinajstić information content (AvgIpc) is 3.19. The number of hydrogen-bond donors (Lipinski definition) is 0. The Morgan fingerprint density at radius 1 is 0.900 bits per heavy atom. The van der Waals surface area contributed by atoms with Crippen molar-refractivity contribution in [2.45, 2.75) is 11.4 Å². The van der Waals surface area contributed by atoms with Crippen LogP contribution in [0.4, 0.5) is 20.2 Å². The summed E-state index contributed by atoms with van der Waals surface area (Å²) >= 11 is 1.23. The molecule has 150 valence electrons. The van der Waals surface area contributed by atoms with Crippen molar-refractivity contribution in [1.82, 2.24) is 0 Å². The number of nitrogens with zero attached hydrogens (tertiary/aromatic N) is 2. The molecule has 5 rings (SSSR count). The zero-order valence-corrected chi connectivity index (χ0v) is 16.5. The number of anilines is 2. The highest BCUT2D eigenvalue weighted by atomic mass is 32.2. The maximum absolute atomic E-state index is 13.9. The highest BCUT2D eigenvalue weighted by Gasteiger charge is 2.60. The fourth-order valence-electron chi connectivity index (χ4n) is 4.15. The minimum atomic E-state index is -1.31. The van der Waals surface area contributed by atoms with E-state index in [0.717, 1.165) is 0 Å². The van der Waals surface area contributed by atoms with E-state index in [4.69, 9.17) is 0 Å². The molecule has 2 aliphatic heterocycles. The zero-order valence-electron chi connectivity index (χ0n) is 15.7. The molecule has 0 radical (unpaired) electrons. The minimum Gasteiger partial charge on any atom is -0.304 e. The summed E-state index contributed by atoms with van der Waals surface area (Å²) in [5.74, 6) is -1.32. The number of carbonyl (C=O) groups excluding carboxylic acids is 2. The molecular weight excluding hydrogens is 406 g/mol. The van der Waals surface area contributed by atoms with Crippen molar-refractivity contribution in [3.63, 3.8) is 0 Å².